The summed E-state index contributed by atoms with van der Waals surface area (Å²) in [7, 11) is 0. The summed E-state index contributed by atoms with van der Waals surface area (Å²) in [5.74, 6) is -0.899. The lowest BCUT2D eigenvalue weighted by Gasteiger charge is -2.24. The van der Waals surface area contributed by atoms with Gasteiger partial charge < -0.3 is 19.7 Å². The van der Waals surface area contributed by atoms with E-state index >= 15 is 0 Å². The van der Waals surface area contributed by atoms with Crippen molar-refractivity contribution in [3.63, 3.8) is 0 Å². The smallest absolute Gasteiger partial charge is 0.334 e. The van der Waals surface area contributed by atoms with Crippen LogP contribution < -0.4 is 0 Å². The average molecular weight is 280 g/mol. The molecule has 2 fully saturated rings. The highest BCUT2D eigenvalue weighted by atomic mass is 16.6. The Morgan fingerprint density at radius 2 is 2.30 bits per heavy atom. The third kappa shape index (κ3) is 2.01. The van der Waals surface area contributed by atoms with E-state index in [2.05, 4.69) is 12.7 Å². The van der Waals surface area contributed by atoms with Gasteiger partial charge in [0.1, 0.15) is 17.8 Å². The second-order valence-corrected chi connectivity index (χ2v) is 6.04. The zero-order chi connectivity index (χ0) is 14.5. The molecule has 5 nitrogen and oxygen atoms in total. The lowest BCUT2D eigenvalue weighted by molar-refractivity contribution is -0.139. The van der Waals surface area contributed by atoms with Crippen LogP contribution in [0.2, 0.25) is 0 Å². The molecular weight excluding hydrogens is 260 g/mol. The van der Waals surface area contributed by atoms with Crippen molar-refractivity contribution in [2.45, 2.75) is 50.1 Å². The van der Waals surface area contributed by atoms with Crippen molar-refractivity contribution < 1.29 is 24.5 Å². The van der Waals surface area contributed by atoms with E-state index in [9.17, 15) is 15.0 Å². The third-order valence-corrected chi connectivity index (χ3v) is 4.68. The Morgan fingerprint density at radius 3 is 3.00 bits per heavy atom. The fourth-order valence-corrected chi connectivity index (χ4v) is 3.40. The van der Waals surface area contributed by atoms with Crippen LogP contribution in [0.5, 0.6) is 0 Å². The standard InChI is InChI=1S/C15H20O5/c1-8-4-3-5-15(7-16)13(20-15)12(17)11-9(2)14(18)19-10(11)6-8/h4,10-13,16-17H,2-3,5-7H2,1H3/b8-4+/t10-,11+,12-,13-,15+/m0/s1. The van der Waals surface area contributed by atoms with Gasteiger partial charge in [-0.25, -0.2) is 4.79 Å². The number of hydrogen-bond donors (Lipinski definition) is 2. The minimum Gasteiger partial charge on any atom is -0.458 e. The number of aliphatic hydroxyl groups excluding tert-OH is 2. The molecular formula is C15H20O5. The largest absolute Gasteiger partial charge is 0.458 e. The normalized spacial score (nSPS) is 46.9. The average Bonchev–Trinajstić information content (AvgIpc) is 3.06. The van der Waals surface area contributed by atoms with Gasteiger partial charge in [0.05, 0.1) is 18.6 Å². The molecule has 2 saturated heterocycles. The van der Waals surface area contributed by atoms with E-state index in [4.69, 9.17) is 9.47 Å². The van der Waals surface area contributed by atoms with Crippen molar-refractivity contribution in [2.24, 2.45) is 5.92 Å². The summed E-state index contributed by atoms with van der Waals surface area (Å²) in [5, 5.41) is 20.1. The minimum atomic E-state index is -0.864. The molecule has 2 N–H and O–H groups in total. The van der Waals surface area contributed by atoms with Crippen molar-refractivity contribution >= 4 is 5.97 Å². The molecule has 3 rings (SSSR count). The van der Waals surface area contributed by atoms with Crippen LogP contribution in [-0.2, 0) is 14.3 Å². The van der Waals surface area contributed by atoms with Gasteiger partial charge in [-0.3, -0.25) is 0 Å². The number of rotatable bonds is 1. The summed E-state index contributed by atoms with van der Waals surface area (Å²) < 4.78 is 10.9. The molecule has 0 radical (unpaired) electrons. The molecule has 2 aliphatic heterocycles. The van der Waals surface area contributed by atoms with Crippen molar-refractivity contribution in [3.8, 4) is 0 Å². The maximum absolute atomic E-state index is 11.7. The predicted octanol–water partition coefficient (Wildman–Crippen LogP) is 0.705. The van der Waals surface area contributed by atoms with E-state index < -0.39 is 29.7 Å². The molecule has 0 amide bonds. The Morgan fingerprint density at radius 1 is 1.55 bits per heavy atom. The van der Waals surface area contributed by atoms with E-state index in [1.54, 1.807) is 0 Å². The van der Waals surface area contributed by atoms with E-state index in [0.29, 0.717) is 18.4 Å². The van der Waals surface area contributed by atoms with Crippen LogP contribution in [0.4, 0.5) is 0 Å². The van der Waals surface area contributed by atoms with Gasteiger partial charge in [-0.15, -0.1) is 0 Å². The highest BCUT2D eigenvalue weighted by Crippen LogP contribution is 2.48. The highest BCUT2D eigenvalue weighted by Gasteiger charge is 2.62. The molecule has 2 heterocycles. The van der Waals surface area contributed by atoms with Gasteiger partial charge in [0.15, 0.2) is 0 Å². The van der Waals surface area contributed by atoms with Crippen LogP contribution >= 0.6 is 0 Å². The molecule has 0 aromatic heterocycles. The third-order valence-electron chi connectivity index (χ3n) is 4.68. The van der Waals surface area contributed by atoms with Gasteiger partial charge in [0.2, 0.25) is 0 Å². The first-order valence-electron chi connectivity index (χ1n) is 7.00. The van der Waals surface area contributed by atoms with Crippen molar-refractivity contribution in [3.05, 3.63) is 23.8 Å². The number of esters is 1. The zero-order valence-electron chi connectivity index (χ0n) is 11.5. The summed E-state index contributed by atoms with van der Waals surface area (Å²) in [4.78, 5) is 11.7. The molecule has 0 aromatic rings. The van der Waals surface area contributed by atoms with Gasteiger partial charge >= 0.3 is 5.97 Å². The monoisotopic (exact) mass is 280 g/mol. The van der Waals surface area contributed by atoms with E-state index in [0.717, 1.165) is 12.0 Å². The number of ether oxygens (including phenoxy) is 2. The summed E-state index contributed by atoms with van der Waals surface area (Å²) in [6, 6.07) is 0. The molecule has 20 heavy (non-hydrogen) atoms. The number of epoxide rings is 1. The van der Waals surface area contributed by atoms with Crippen molar-refractivity contribution in [2.75, 3.05) is 6.61 Å². The molecule has 3 aliphatic rings. The Bertz CT molecular complexity index is 483. The Balaban J connectivity index is 1.93. The first kappa shape index (κ1) is 13.8. The van der Waals surface area contributed by atoms with Crippen LogP contribution in [0.15, 0.2) is 23.8 Å². The summed E-state index contributed by atoms with van der Waals surface area (Å²) >= 11 is 0. The second-order valence-electron chi connectivity index (χ2n) is 6.04. The van der Waals surface area contributed by atoms with Crippen LogP contribution in [-0.4, -0.2) is 46.7 Å². The van der Waals surface area contributed by atoms with Gasteiger partial charge in [-0.2, -0.15) is 0 Å². The highest BCUT2D eigenvalue weighted by molar-refractivity contribution is 5.91. The molecule has 0 bridgehead atoms. The van der Waals surface area contributed by atoms with Crippen LogP contribution in [0.3, 0.4) is 0 Å². The fourth-order valence-electron chi connectivity index (χ4n) is 3.40. The SMILES string of the molecule is C=C1C(=O)O[C@H]2C/C(C)=C/CC[C@]3(CO)O[C@H]3[C@@H](O)[C@H]12. The lowest BCUT2D eigenvalue weighted by Crippen LogP contribution is -2.38. The number of allylic oxidation sites excluding steroid dienone is 1. The van der Waals surface area contributed by atoms with Crippen molar-refractivity contribution in [1.82, 2.24) is 0 Å². The van der Waals surface area contributed by atoms with Crippen LogP contribution in [0.1, 0.15) is 26.2 Å². The predicted molar refractivity (Wildman–Crippen MR) is 70.8 cm³/mol. The minimum absolute atomic E-state index is 0.125. The Hall–Kier alpha value is -1.17. The quantitative estimate of drug-likeness (QED) is 0.320. The van der Waals surface area contributed by atoms with Crippen molar-refractivity contribution in [1.29, 1.82) is 0 Å². The van der Waals surface area contributed by atoms with Gasteiger partial charge in [-0.1, -0.05) is 18.2 Å². The Labute approximate surface area is 117 Å². The molecule has 5 heteroatoms. The van der Waals surface area contributed by atoms with E-state index in [1.807, 2.05) is 6.92 Å². The zero-order valence-corrected chi connectivity index (χ0v) is 11.5. The number of carbonyl (C=O) groups excluding carboxylic acids is 1. The van der Waals surface area contributed by atoms with Crippen LogP contribution in [0.25, 0.3) is 0 Å². The molecule has 0 aromatic carbocycles. The maximum Gasteiger partial charge on any atom is 0.334 e. The number of hydrogen-bond acceptors (Lipinski definition) is 5. The van der Waals surface area contributed by atoms with Gasteiger partial charge in [0, 0.05) is 12.0 Å². The van der Waals surface area contributed by atoms with Gasteiger partial charge in [0.25, 0.3) is 0 Å². The van der Waals surface area contributed by atoms with E-state index in [-0.39, 0.29) is 12.7 Å². The molecule has 110 valence electrons. The summed E-state index contributed by atoms with van der Waals surface area (Å²) in [6.07, 6.45) is 2.43. The molecule has 0 unspecified atom stereocenters. The maximum atomic E-state index is 11.7. The lowest BCUT2D eigenvalue weighted by atomic mass is 9.82. The number of aliphatic hydroxyl groups is 2. The summed E-state index contributed by atoms with van der Waals surface area (Å²) in [5.41, 5.74) is 0.740. The fraction of sp³-hybridized carbons (Fsp3) is 0.667. The first-order valence-corrected chi connectivity index (χ1v) is 7.00. The number of carbonyl (C=O) groups is 1. The molecule has 0 saturated carbocycles. The Kier molecular flexibility index (Phi) is 3.23. The molecule has 0 spiro atoms. The van der Waals surface area contributed by atoms with E-state index in [1.165, 1.54) is 0 Å². The topological polar surface area (TPSA) is 79.3 Å². The number of fused-ring (bicyclic) bond motifs is 2. The molecule has 1 aliphatic carbocycles. The van der Waals surface area contributed by atoms with Gasteiger partial charge in [-0.05, 0) is 19.8 Å². The van der Waals surface area contributed by atoms with Crippen LogP contribution in [0, 0.1) is 5.92 Å². The summed E-state index contributed by atoms with van der Waals surface area (Å²) in [6.45, 7) is 5.61. The first-order chi connectivity index (χ1) is 9.48. The molecule has 5 atom stereocenters. The second kappa shape index (κ2) is 4.69.